The van der Waals surface area contributed by atoms with Gasteiger partial charge in [-0.1, -0.05) is 30.3 Å². The van der Waals surface area contributed by atoms with Crippen molar-refractivity contribution in [3.05, 3.63) is 90.0 Å². The number of nitrogens with one attached hydrogen (secondary N) is 2. The zero-order valence-electron chi connectivity index (χ0n) is 15.6. The molecule has 0 aliphatic rings. The summed E-state index contributed by atoms with van der Waals surface area (Å²) in [6.07, 6.45) is 0. The largest absolute Gasteiger partial charge is 0.416 e. The Balaban J connectivity index is 1.46. The van der Waals surface area contributed by atoms with Crippen molar-refractivity contribution < 1.29 is 18.0 Å². The van der Waals surface area contributed by atoms with Gasteiger partial charge in [0, 0.05) is 17.8 Å². The maximum atomic E-state index is 14.3. The first-order valence-corrected chi connectivity index (χ1v) is 9.06. The molecule has 0 fully saturated rings. The Bertz CT molecular complexity index is 1160. The molecule has 2 N–H and O–H groups in total. The number of hydrogen-bond acceptors (Lipinski definition) is 4. The number of urea groups is 1. The standard InChI is InChI=1S/C22H16F2N4O2/c23-16-8-6-14(7-9-16)13-25-22(29)26-17-10-11-19(24)18(12-17)21-28-27-20(30-21)15-4-2-1-3-5-15/h1-12H,13H2,(H2,25,26,29). The number of halogens is 2. The molecule has 0 radical (unpaired) electrons. The van der Waals surface area contributed by atoms with Crippen LogP contribution in [0.4, 0.5) is 19.3 Å². The summed E-state index contributed by atoms with van der Waals surface area (Å²) in [6, 6.07) is 18.4. The molecule has 0 aliphatic heterocycles. The molecule has 30 heavy (non-hydrogen) atoms. The van der Waals surface area contributed by atoms with E-state index < -0.39 is 11.8 Å². The molecule has 4 rings (SSSR count). The number of amides is 2. The monoisotopic (exact) mass is 406 g/mol. The van der Waals surface area contributed by atoms with E-state index in [4.69, 9.17) is 4.42 Å². The fourth-order valence-electron chi connectivity index (χ4n) is 2.76. The Morgan fingerprint density at radius 2 is 1.63 bits per heavy atom. The minimum atomic E-state index is -0.560. The second-order valence-corrected chi connectivity index (χ2v) is 6.41. The lowest BCUT2D eigenvalue weighted by Gasteiger charge is -2.09. The lowest BCUT2D eigenvalue weighted by Crippen LogP contribution is -2.28. The minimum Gasteiger partial charge on any atom is -0.416 e. The molecular weight excluding hydrogens is 390 g/mol. The van der Waals surface area contributed by atoms with Crippen molar-refractivity contribution >= 4 is 11.7 Å². The predicted octanol–water partition coefficient (Wildman–Crippen LogP) is 5.00. The van der Waals surface area contributed by atoms with Crippen molar-refractivity contribution in [2.24, 2.45) is 0 Å². The van der Waals surface area contributed by atoms with Crippen molar-refractivity contribution in [3.8, 4) is 22.9 Å². The van der Waals surface area contributed by atoms with Gasteiger partial charge in [0.1, 0.15) is 11.6 Å². The first kappa shape index (κ1) is 19.3. The van der Waals surface area contributed by atoms with Crippen LogP contribution >= 0.6 is 0 Å². The van der Waals surface area contributed by atoms with Gasteiger partial charge in [0.25, 0.3) is 5.89 Å². The fourth-order valence-corrected chi connectivity index (χ4v) is 2.76. The summed E-state index contributed by atoms with van der Waals surface area (Å²) in [5, 5.41) is 13.1. The highest BCUT2D eigenvalue weighted by Gasteiger charge is 2.15. The van der Waals surface area contributed by atoms with E-state index in [2.05, 4.69) is 20.8 Å². The number of carbonyl (C=O) groups is 1. The molecule has 0 aliphatic carbocycles. The summed E-state index contributed by atoms with van der Waals surface area (Å²) < 4.78 is 32.8. The quantitative estimate of drug-likeness (QED) is 0.489. The van der Waals surface area contributed by atoms with E-state index in [9.17, 15) is 13.6 Å². The van der Waals surface area contributed by atoms with Gasteiger partial charge < -0.3 is 15.1 Å². The zero-order chi connectivity index (χ0) is 20.9. The summed E-state index contributed by atoms with van der Waals surface area (Å²) >= 11 is 0. The highest BCUT2D eigenvalue weighted by atomic mass is 19.1. The third kappa shape index (κ3) is 4.49. The lowest BCUT2D eigenvalue weighted by molar-refractivity contribution is 0.251. The SMILES string of the molecule is O=C(NCc1ccc(F)cc1)Nc1ccc(F)c(-c2nnc(-c3ccccc3)o2)c1. The molecule has 4 aromatic rings. The smallest absolute Gasteiger partial charge is 0.319 e. The van der Waals surface area contributed by atoms with Crippen LogP contribution in [0.2, 0.25) is 0 Å². The predicted molar refractivity (Wildman–Crippen MR) is 107 cm³/mol. The van der Waals surface area contributed by atoms with Crippen LogP contribution in [-0.2, 0) is 6.54 Å². The summed E-state index contributed by atoms with van der Waals surface area (Å²) in [5.74, 6) is -0.642. The number of carbonyl (C=O) groups excluding carboxylic acids is 1. The van der Waals surface area contributed by atoms with Gasteiger partial charge >= 0.3 is 6.03 Å². The van der Waals surface area contributed by atoms with Gasteiger partial charge in [0.15, 0.2) is 0 Å². The molecule has 1 aromatic heterocycles. The van der Waals surface area contributed by atoms with Crippen LogP contribution in [0.1, 0.15) is 5.56 Å². The molecule has 0 bridgehead atoms. The average molecular weight is 406 g/mol. The number of rotatable bonds is 5. The third-order valence-electron chi connectivity index (χ3n) is 4.27. The fraction of sp³-hybridized carbons (Fsp3) is 0.0455. The molecule has 8 heteroatoms. The molecule has 6 nitrogen and oxygen atoms in total. The number of nitrogens with zero attached hydrogens (tertiary/aromatic N) is 2. The van der Waals surface area contributed by atoms with E-state index in [1.54, 1.807) is 24.3 Å². The van der Waals surface area contributed by atoms with Crippen LogP contribution in [0, 0.1) is 11.6 Å². The van der Waals surface area contributed by atoms with E-state index in [0.29, 0.717) is 11.3 Å². The molecule has 1 heterocycles. The minimum absolute atomic E-state index is 0.00160. The molecule has 3 aromatic carbocycles. The Kier molecular flexibility index (Phi) is 5.47. The van der Waals surface area contributed by atoms with Crippen molar-refractivity contribution in [3.63, 3.8) is 0 Å². The second kappa shape index (κ2) is 8.52. The van der Waals surface area contributed by atoms with Crippen LogP contribution in [0.15, 0.2) is 77.2 Å². The van der Waals surface area contributed by atoms with E-state index in [-0.39, 0.29) is 29.7 Å². The summed E-state index contributed by atoms with van der Waals surface area (Å²) in [7, 11) is 0. The molecule has 2 amide bonds. The highest BCUT2D eigenvalue weighted by Crippen LogP contribution is 2.28. The summed E-state index contributed by atoms with van der Waals surface area (Å²) in [5.41, 5.74) is 1.88. The molecule has 150 valence electrons. The highest BCUT2D eigenvalue weighted by molar-refractivity contribution is 5.89. The maximum absolute atomic E-state index is 14.3. The van der Waals surface area contributed by atoms with Crippen molar-refractivity contribution in [2.75, 3.05) is 5.32 Å². The summed E-state index contributed by atoms with van der Waals surface area (Å²) in [4.78, 5) is 12.1. The molecule has 0 unspecified atom stereocenters. The van der Waals surface area contributed by atoms with Crippen molar-refractivity contribution in [1.82, 2.24) is 15.5 Å². The molecule has 0 atom stereocenters. The van der Waals surface area contributed by atoms with Gasteiger partial charge in [-0.25, -0.2) is 13.6 Å². The van der Waals surface area contributed by atoms with Crippen LogP contribution in [-0.4, -0.2) is 16.2 Å². The normalized spacial score (nSPS) is 10.6. The Labute approximate surface area is 170 Å². The number of anilines is 1. The van der Waals surface area contributed by atoms with Gasteiger partial charge in [-0.3, -0.25) is 0 Å². The zero-order valence-corrected chi connectivity index (χ0v) is 15.6. The van der Waals surface area contributed by atoms with Gasteiger partial charge in [-0.05, 0) is 48.0 Å². The molecular formula is C22H16F2N4O2. The Morgan fingerprint density at radius 1 is 0.900 bits per heavy atom. The summed E-state index contributed by atoms with van der Waals surface area (Å²) in [6.45, 7) is 0.213. The Morgan fingerprint density at radius 3 is 2.40 bits per heavy atom. The van der Waals surface area contributed by atoms with E-state index in [0.717, 1.165) is 5.56 Å². The van der Waals surface area contributed by atoms with Crippen LogP contribution < -0.4 is 10.6 Å². The topological polar surface area (TPSA) is 80.0 Å². The van der Waals surface area contributed by atoms with E-state index >= 15 is 0 Å². The molecule has 0 spiro atoms. The van der Waals surface area contributed by atoms with Gasteiger partial charge in [-0.2, -0.15) is 0 Å². The Hall–Kier alpha value is -4.07. The first-order chi connectivity index (χ1) is 14.6. The average Bonchev–Trinajstić information content (AvgIpc) is 3.25. The number of aromatic nitrogens is 2. The van der Waals surface area contributed by atoms with E-state index in [1.807, 2.05) is 18.2 Å². The van der Waals surface area contributed by atoms with Crippen LogP contribution in [0.5, 0.6) is 0 Å². The molecule has 0 saturated carbocycles. The van der Waals surface area contributed by atoms with E-state index in [1.165, 1.54) is 30.3 Å². The third-order valence-corrected chi connectivity index (χ3v) is 4.27. The van der Waals surface area contributed by atoms with Gasteiger partial charge in [0.2, 0.25) is 5.89 Å². The first-order valence-electron chi connectivity index (χ1n) is 9.06. The maximum Gasteiger partial charge on any atom is 0.319 e. The van der Waals surface area contributed by atoms with Crippen LogP contribution in [0.25, 0.3) is 22.9 Å². The lowest BCUT2D eigenvalue weighted by atomic mass is 10.2. The van der Waals surface area contributed by atoms with Gasteiger partial charge in [-0.15, -0.1) is 10.2 Å². The number of hydrogen-bond donors (Lipinski definition) is 2. The molecule has 0 saturated heterocycles. The van der Waals surface area contributed by atoms with Crippen molar-refractivity contribution in [1.29, 1.82) is 0 Å². The number of benzene rings is 3. The van der Waals surface area contributed by atoms with Crippen molar-refractivity contribution in [2.45, 2.75) is 6.54 Å². The van der Waals surface area contributed by atoms with Gasteiger partial charge in [0.05, 0.1) is 5.56 Å². The van der Waals surface area contributed by atoms with Crippen LogP contribution in [0.3, 0.4) is 0 Å². The second-order valence-electron chi connectivity index (χ2n) is 6.41.